The van der Waals surface area contributed by atoms with Crippen molar-refractivity contribution in [1.29, 1.82) is 0 Å². The normalized spacial score (nSPS) is 13.0. The van der Waals surface area contributed by atoms with Gasteiger partial charge in [0.1, 0.15) is 23.5 Å². The zero-order valence-electron chi connectivity index (χ0n) is 12.7. The second kappa shape index (κ2) is 8.28. The molecule has 0 bridgehead atoms. The summed E-state index contributed by atoms with van der Waals surface area (Å²) in [6.45, 7) is 2.62. The van der Waals surface area contributed by atoms with Crippen molar-refractivity contribution >= 4 is 5.96 Å². The number of guanidine groups is 1. The molecule has 2 aromatic rings. The molecule has 7 heteroatoms. The van der Waals surface area contributed by atoms with Gasteiger partial charge in [-0.05, 0) is 37.3 Å². The van der Waals surface area contributed by atoms with Crippen LogP contribution in [0.15, 0.2) is 46.0 Å². The number of aliphatic imine (C=N–C) groups is 1. The van der Waals surface area contributed by atoms with E-state index in [4.69, 9.17) is 4.42 Å². The number of furan rings is 1. The van der Waals surface area contributed by atoms with E-state index in [2.05, 4.69) is 15.6 Å². The molecule has 2 rings (SSSR count). The van der Waals surface area contributed by atoms with Gasteiger partial charge >= 0.3 is 0 Å². The first-order valence-electron chi connectivity index (χ1n) is 7.27. The van der Waals surface area contributed by atoms with Crippen LogP contribution in [0.4, 0.5) is 8.78 Å². The summed E-state index contributed by atoms with van der Waals surface area (Å²) in [5, 5.41) is 15.8. The second-order valence-electron chi connectivity index (χ2n) is 4.84. The molecule has 1 atom stereocenters. The van der Waals surface area contributed by atoms with Gasteiger partial charge in [0.2, 0.25) is 0 Å². The molecule has 23 heavy (non-hydrogen) atoms. The average molecular weight is 323 g/mol. The Morgan fingerprint density at radius 2 is 2.13 bits per heavy atom. The zero-order chi connectivity index (χ0) is 16.7. The van der Waals surface area contributed by atoms with Gasteiger partial charge in [-0.3, -0.25) is 0 Å². The molecule has 0 aliphatic rings. The Labute approximate surface area is 133 Å². The number of nitrogens with zero attached hydrogens (tertiary/aromatic N) is 1. The smallest absolute Gasteiger partial charge is 0.191 e. The molecule has 0 spiro atoms. The highest BCUT2D eigenvalue weighted by Gasteiger charge is 2.11. The largest absolute Gasteiger partial charge is 0.467 e. The number of aliphatic hydroxyl groups excluding tert-OH is 1. The lowest BCUT2D eigenvalue weighted by molar-refractivity contribution is 0.153. The Morgan fingerprint density at radius 3 is 2.83 bits per heavy atom. The van der Waals surface area contributed by atoms with Gasteiger partial charge in [-0.15, -0.1) is 0 Å². The maximum absolute atomic E-state index is 13.6. The van der Waals surface area contributed by atoms with E-state index in [0.29, 0.717) is 18.3 Å². The van der Waals surface area contributed by atoms with Crippen molar-refractivity contribution in [3.63, 3.8) is 0 Å². The summed E-state index contributed by atoms with van der Waals surface area (Å²) in [5.74, 6) is -0.198. The standard InChI is InChI=1S/C16H19F2N3O2/c1-2-19-16(21-10-14(22)15-4-3-7-23-15)20-9-11-8-12(17)5-6-13(11)18/h3-8,14,22H,2,9-10H2,1H3,(H2,19,20,21). The Hall–Kier alpha value is -2.41. The van der Waals surface area contributed by atoms with E-state index < -0.39 is 17.7 Å². The van der Waals surface area contributed by atoms with Gasteiger partial charge in [0.25, 0.3) is 0 Å². The van der Waals surface area contributed by atoms with Crippen molar-refractivity contribution < 1.29 is 18.3 Å². The fourth-order valence-corrected chi connectivity index (χ4v) is 1.95. The van der Waals surface area contributed by atoms with Gasteiger partial charge in [0, 0.05) is 12.1 Å². The molecular formula is C16H19F2N3O2. The third-order valence-corrected chi connectivity index (χ3v) is 3.09. The third kappa shape index (κ3) is 5.07. The Bertz CT molecular complexity index is 645. The highest BCUT2D eigenvalue weighted by molar-refractivity contribution is 5.79. The number of benzene rings is 1. The summed E-state index contributed by atoms with van der Waals surface area (Å²) < 4.78 is 31.8. The first-order chi connectivity index (χ1) is 11.1. The fraction of sp³-hybridized carbons (Fsp3) is 0.312. The molecule has 5 nitrogen and oxygen atoms in total. The first-order valence-corrected chi connectivity index (χ1v) is 7.27. The van der Waals surface area contributed by atoms with Crippen molar-refractivity contribution in [2.45, 2.75) is 19.6 Å². The van der Waals surface area contributed by atoms with E-state index in [1.165, 1.54) is 6.26 Å². The van der Waals surface area contributed by atoms with Crippen LogP contribution in [0, 0.1) is 11.6 Å². The van der Waals surface area contributed by atoms with Gasteiger partial charge in [0.15, 0.2) is 5.96 Å². The Kier molecular flexibility index (Phi) is 6.10. The summed E-state index contributed by atoms with van der Waals surface area (Å²) in [6, 6.07) is 6.59. The van der Waals surface area contributed by atoms with Gasteiger partial charge < -0.3 is 20.2 Å². The van der Waals surface area contributed by atoms with Crippen molar-refractivity contribution in [2.24, 2.45) is 4.99 Å². The van der Waals surface area contributed by atoms with E-state index >= 15 is 0 Å². The van der Waals surface area contributed by atoms with Crippen LogP contribution in [0.5, 0.6) is 0 Å². The van der Waals surface area contributed by atoms with Crippen LogP contribution >= 0.6 is 0 Å². The summed E-state index contributed by atoms with van der Waals surface area (Å²) in [7, 11) is 0. The van der Waals surface area contributed by atoms with Crippen molar-refractivity contribution in [3.8, 4) is 0 Å². The van der Waals surface area contributed by atoms with E-state index in [9.17, 15) is 13.9 Å². The molecule has 1 heterocycles. The summed E-state index contributed by atoms with van der Waals surface area (Å²) >= 11 is 0. The highest BCUT2D eigenvalue weighted by Crippen LogP contribution is 2.12. The van der Waals surface area contributed by atoms with Crippen LogP contribution in [-0.2, 0) is 6.54 Å². The van der Waals surface area contributed by atoms with Crippen LogP contribution in [0.2, 0.25) is 0 Å². The minimum atomic E-state index is -0.834. The molecular weight excluding hydrogens is 304 g/mol. The minimum Gasteiger partial charge on any atom is -0.467 e. The van der Waals surface area contributed by atoms with Crippen LogP contribution in [-0.4, -0.2) is 24.2 Å². The maximum atomic E-state index is 13.6. The molecule has 0 amide bonds. The molecule has 0 aliphatic heterocycles. The Balaban J connectivity index is 1.98. The number of hydrogen-bond acceptors (Lipinski definition) is 3. The van der Waals surface area contributed by atoms with Crippen molar-refractivity contribution in [3.05, 3.63) is 59.6 Å². The van der Waals surface area contributed by atoms with E-state index in [0.717, 1.165) is 18.2 Å². The third-order valence-electron chi connectivity index (χ3n) is 3.09. The molecule has 0 saturated carbocycles. The predicted molar refractivity (Wildman–Crippen MR) is 82.8 cm³/mol. The average Bonchev–Trinajstić information content (AvgIpc) is 3.07. The minimum absolute atomic E-state index is 0.0181. The van der Waals surface area contributed by atoms with Crippen molar-refractivity contribution in [1.82, 2.24) is 10.6 Å². The van der Waals surface area contributed by atoms with E-state index in [1.807, 2.05) is 6.92 Å². The van der Waals surface area contributed by atoms with Gasteiger partial charge in [-0.1, -0.05) is 0 Å². The predicted octanol–water partition coefficient (Wildman–Crippen LogP) is 2.35. The molecule has 124 valence electrons. The first kappa shape index (κ1) is 17.0. The fourth-order valence-electron chi connectivity index (χ4n) is 1.95. The molecule has 0 fully saturated rings. The molecule has 0 saturated heterocycles. The molecule has 1 aromatic carbocycles. The van der Waals surface area contributed by atoms with Crippen molar-refractivity contribution in [2.75, 3.05) is 13.1 Å². The molecule has 1 unspecified atom stereocenters. The van der Waals surface area contributed by atoms with E-state index in [1.54, 1.807) is 12.1 Å². The summed E-state index contributed by atoms with van der Waals surface area (Å²) in [4.78, 5) is 4.18. The van der Waals surface area contributed by atoms with E-state index in [-0.39, 0.29) is 18.7 Å². The summed E-state index contributed by atoms with van der Waals surface area (Å²) in [6.07, 6.45) is 0.643. The number of rotatable bonds is 6. The molecule has 1 aromatic heterocycles. The summed E-state index contributed by atoms with van der Waals surface area (Å²) in [5.41, 5.74) is 0.161. The second-order valence-corrected chi connectivity index (χ2v) is 4.84. The monoisotopic (exact) mass is 323 g/mol. The number of aliphatic hydroxyl groups is 1. The highest BCUT2D eigenvalue weighted by atomic mass is 19.1. The zero-order valence-corrected chi connectivity index (χ0v) is 12.7. The topological polar surface area (TPSA) is 69.8 Å². The molecule has 0 radical (unpaired) electrons. The number of halogens is 2. The molecule has 0 aliphatic carbocycles. The van der Waals surface area contributed by atoms with Crippen LogP contribution in [0.3, 0.4) is 0 Å². The van der Waals surface area contributed by atoms with Gasteiger partial charge in [-0.2, -0.15) is 0 Å². The maximum Gasteiger partial charge on any atom is 0.191 e. The van der Waals surface area contributed by atoms with Gasteiger partial charge in [-0.25, -0.2) is 13.8 Å². The van der Waals surface area contributed by atoms with Crippen LogP contribution in [0.25, 0.3) is 0 Å². The van der Waals surface area contributed by atoms with Crippen LogP contribution < -0.4 is 10.6 Å². The SMILES string of the molecule is CCNC(=NCc1cc(F)ccc1F)NCC(O)c1ccco1. The van der Waals surface area contributed by atoms with Gasteiger partial charge in [0.05, 0.1) is 19.4 Å². The van der Waals surface area contributed by atoms with Crippen LogP contribution in [0.1, 0.15) is 24.4 Å². The number of hydrogen-bond donors (Lipinski definition) is 3. The number of nitrogens with one attached hydrogen (secondary N) is 2. The lowest BCUT2D eigenvalue weighted by atomic mass is 10.2. The molecule has 3 N–H and O–H groups in total. The quantitative estimate of drug-likeness (QED) is 0.564. The lowest BCUT2D eigenvalue weighted by Crippen LogP contribution is -2.39. The lowest BCUT2D eigenvalue weighted by Gasteiger charge is -2.14. The Morgan fingerprint density at radius 1 is 1.30 bits per heavy atom.